The second-order valence-corrected chi connectivity index (χ2v) is 12.7. The van der Waals surface area contributed by atoms with Gasteiger partial charge in [0.1, 0.15) is 36.8 Å². The highest BCUT2D eigenvalue weighted by Crippen LogP contribution is 2.34. The summed E-state index contributed by atoms with van der Waals surface area (Å²) < 4.78 is 47.4. The lowest BCUT2D eigenvalue weighted by Crippen LogP contribution is -2.68. The van der Waals surface area contributed by atoms with E-state index in [0.717, 1.165) is 24.3 Å². The minimum absolute atomic E-state index is 0.0371. The predicted octanol–water partition coefficient (Wildman–Crippen LogP) is -1.15. The number of hydrogen-bond donors (Lipinski definition) is 9. The van der Waals surface area contributed by atoms with Crippen molar-refractivity contribution in [2.45, 2.75) is 74.8 Å². The summed E-state index contributed by atoms with van der Waals surface area (Å²) in [7, 11) is 0. The van der Waals surface area contributed by atoms with Gasteiger partial charge in [0.05, 0.1) is 44.7 Å². The molecule has 6 atom stereocenters. The molecule has 3 rings (SSSR count). The maximum absolute atomic E-state index is 12.9. The van der Waals surface area contributed by atoms with Gasteiger partial charge < -0.3 is 65.7 Å². The number of ether oxygens (including phenoxy) is 4. The Balaban J connectivity index is 1.50. The second-order valence-electron chi connectivity index (χ2n) is 12.7. The van der Waals surface area contributed by atoms with Crippen LogP contribution in [0.3, 0.4) is 0 Å². The molecule has 1 heterocycles. The second kappa shape index (κ2) is 22.8. The van der Waals surface area contributed by atoms with Crippen molar-refractivity contribution in [3.63, 3.8) is 0 Å². The molecule has 0 spiro atoms. The lowest BCUT2D eigenvalue weighted by Gasteiger charge is -2.46. The van der Waals surface area contributed by atoms with E-state index in [1.54, 1.807) is 0 Å². The van der Waals surface area contributed by atoms with Crippen molar-refractivity contribution in [2.75, 3.05) is 69.9 Å². The van der Waals surface area contributed by atoms with Crippen molar-refractivity contribution in [1.29, 1.82) is 0 Å². The van der Waals surface area contributed by atoms with Crippen LogP contribution in [-0.2, 0) is 28.5 Å². The number of benzene rings is 1. The van der Waals surface area contributed by atoms with Gasteiger partial charge in [-0.15, -0.1) is 6.42 Å². The van der Waals surface area contributed by atoms with E-state index in [2.05, 4.69) is 27.2 Å². The highest BCUT2D eigenvalue weighted by Gasteiger charge is 2.55. The third-order valence-corrected chi connectivity index (χ3v) is 8.72. The molecule has 1 aliphatic heterocycles. The molecule has 20 heteroatoms. The van der Waals surface area contributed by atoms with E-state index >= 15 is 0 Å². The van der Waals surface area contributed by atoms with E-state index in [1.807, 2.05) is 0 Å². The number of carboxylic acids is 1. The summed E-state index contributed by atoms with van der Waals surface area (Å²) in [6.45, 7) is -0.161. The fourth-order valence-electron chi connectivity index (χ4n) is 5.73. The molecule has 2 amide bonds. The number of amides is 2. The van der Waals surface area contributed by atoms with E-state index in [1.165, 1.54) is 0 Å². The van der Waals surface area contributed by atoms with E-state index in [-0.39, 0.29) is 48.9 Å². The number of halogens is 2. The van der Waals surface area contributed by atoms with Crippen LogP contribution in [-0.4, -0.2) is 139 Å². The van der Waals surface area contributed by atoms with Crippen molar-refractivity contribution in [3.05, 3.63) is 55.8 Å². The van der Waals surface area contributed by atoms with Gasteiger partial charge in [0.2, 0.25) is 5.91 Å². The first-order valence-corrected chi connectivity index (χ1v) is 17.8. The smallest absolute Gasteiger partial charge is 0.364 e. The zero-order valence-corrected chi connectivity index (χ0v) is 30.4. The number of nitrogens with one attached hydrogen (secondary N) is 4. The van der Waals surface area contributed by atoms with Crippen LogP contribution < -0.4 is 32.1 Å². The Morgan fingerprint density at radius 1 is 0.946 bits per heavy atom. The zero-order valence-electron chi connectivity index (χ0n) is 30.4. The SMILES string of the molecule is C#CCOCCOCCNc1c(NCCCCCCO[C@]2(C(=O)O)C[C@H](O)[C@@H](NC(=O)CO)[C@H]([C@H](O)[C@H](O)CNC(=O)c3ccc(C(F)F)cc3)O2)c(=O)c1=O. The number of terminal acetylenes is 1. The average Bonchev–Trinajstić information content (AvgIpc) is 3.19. The van der Waals surface area contributed by atoms with Crippen molar-refractivity contribution in [3.8, 4) is 12.3 Å². The van der Waals surface area contributed by atoms with Crippen LogP contribution >= 0.6 is 0 Å². The first kappa shape index (κ1) is 45.8. The van der Waals surface area contributed by atoms with Crippen LogP contribution in [0.5, 0.6) is 0 Å². The molecule has 0 unspecified atom stereocenters. The third kappa shape index (κ3) is 13.0. The van der Waals surface area contributed by atoms with E-state index in [0.29, 0.717) is 45.4 Å². The molecule has 2 aromatic carbocycles. The summed E-state index contributed by atoms with van der Waals surface area (Å²) in [4.78, 5) is 61.1. The summed E-state index contributed by atoms with van der Waals surface area (Å²) in [6, 6.07) is 2.80. The van der Waals surface area contributed by atoms with Crippen LogP contribution in [0.2, 0.25) is 0 Å². The minimum Gasteiger partial charge on any atom is -0.477 e. The molecule has 0 aliphatic carbocycles. The molecular formula is C36H48F2N4O14. The fraction of sp³-hybridized carbons (Fsp3) is 0.583. The number of aliphatic carboxylic acids is 1. The Bertz CT molecular complexity index is 1680. The highest BCUT2D eigenvalue weighted by molar-refractivity contribution is 5.94. The zero-order chi connectivity index (χ0) is 41.3. The van der Waals surface area contributed by atoms with Crippen LogP contribution in [0.25, 0.3) is 0 Å². The number of hydrogen-bond acceptors (Lipinski definition) is 15. The first-order chi connectivity index (χ1) is 26.8. The van der Waals surface area contributed by atoms with Gasteiger partial charge in [-0.1, -0.05) is 30.9 Å². The van der Waals surface area contributed by atoms with Crippen LogP contribution in [0.1, 0.15) is 54.5 Å². The Kier molecular flexibility index (Phi) is 18.7. The van der Waals surface area contributed by atoms with Crippen molar-refractivity contribution in [2.24, 2.45) is 0 Å². The average molecular weight is 799 g/mol. The standard InChI is InChI=1S/C36H48F2N4O14/c1-2-13-53-16-17-54-15-12-40-28-27(30(48)31(28)49)39-11-5-3-4-6-14-55-36(35(51)52)18-23(44)26(42-25(46)20-43)32(56-36)29(47)24(45)19-41-34(50)22-9-7-21(8-10-22)33(37)38/h1,7-10,23-24,26,29,32-33,39-40,43-45,47H,3-6,11-20H2,(H,41,50)(H,42,46)(H,51,52)/t23-,24+,26+,29+,32+,36+/m0/s1. The molecular weight excluding hydrogens is 750 g/mol. The number of alkyl halides is 2. The number of anilines is 2. The Hall–Kier alpha value is -4.59. The van der Waals surface area contributed by atoms with Gasteiger partial charge in [-0.05, 0) is 25.0 Å². The lowest BCUT2D eigenvalue weighted by atomic mass is 9.88. The summed E-state index contributed by atoms with van der Waals surface area (Å²) >= 11 is 0. The number of aliphatic hydroxyl groups excluding tert-OH is 4. The van der Waals surface area contributed by atoms with Crippen LogP contribution in [0.15, 0.2) is 33.9 Å². The topological polar surface area (TPSA) is 272 Å². The number of aliphatic hydroxyl groups is 4. The molecule has 0 radical (unpaired) electrons. The van der Waals surface area contributed by atoms with Gasteiger partial charge >= 0.3 is 5.97 Å². The molecule has 1 aliphatic rings. The molecule has 18 nitrogen and oxygen atoms in total. The maximum atomic E-state index is 12.9. The summed E-state index contributed by atoms with van der Waals surface area (Å²) in [5.74, 6) is -3.70. The molecule has 2 aromatic rings. The molecule has 56 heavy (non-hydrogen) atoms. The molecule has 310 valence electrons. The van der Waals surface area contributed by atoms with Gasteiger partial charge in [-0.2, -0.15) is 0 Å². The van der Waals surface area contributed by atoms with Gasteiger partial charge in [0.25, 0.3) is 29.0 Å². The van der Waals surface area contributed by atoms with Crippen molar-refractivity contribution < 1.29 is 67.6 Å². The fourth-order valence-corrected chi connectivity index (χ4v) is 5.73. The summed E-state index contributed by atoms with van der Waals surface area (Å²) in [5.41, 5.74) is -1.30. The number of rotatable bonds is 26. The highest BCUT2D eigenvalue weighted by atomic mass is 19.3. The van der Waals surface area contributed by atoms with Gasteiger partial charge in [-0.25, -0.2) is 13.6 Å². The molecule has 1 saturated heterocycles. The Morgan fingerprint density at radius 3 is 2.21 bits per heavy atom. The largest absolute Gasteiger partial charge is 0.477 e. The molecule has 0 bridgehead atoms. The minimum atomic E-state index is -2.75. The maximum Gasteiger partial charge on any atom is 0.364 e. The number of unbranched alkanes of at least 4 members (excludes halogenated alkanes) is 3. The quantitative estimate of drug-likeness (QED) is 0.0309. The molecule has 0 saturated carbocycles. The first-order valence-electron chi connectivity index (χ1n) is 17.8. The summed E-state index contributed by atoms with van der Waals surface area (Å²) in [5, 5.41) is 62.5. The monoisotopic (exact) mass is 798 g/mol. The predicted molar refractivity (Wildman–Crippen MR) is 194 cm³/mol. The lowest BCUT2D eigenvalue weighted by molar-refractivity contribution is -0.310. The normalized spacial score (nSPS) is 20.6. The van der Waals surface area contributed by atoms with E-state index in [9.17, 15) is 58.3 Å². The van der Waals surface area contributed by atoms with Gasteiger partial charge in [0.15, 0.2) is 0 Å². The number of carboxylic acid groups (broad SMARTS) is 1. The third-order valence-electron chi connectivity index (χ3n) is 8.72. The van der Waals surface area contributed by atoms with Crippen molar-refractivity contribution >= 4 is 29.2 Å². The van der Waals surface area contributed by atoms with Gasteiger partial charge in [0, 0.05) is 37.2 Å². The van der Waals surface area contributed by atoms with Crippen LogP contribution in [0.4, 0.5) is 20.2 Å². The van der Waals surface area contributed by atoms with Crippen molar-refractivity contribution in [1.82, 2.24) is 10.6 Å². The van der Waals surface area contributed by atoms with E-state index in [4.69, 9.17) is 25.4 Å². The molecule has 9 N–H and O–H groups in total. The number of carbonyl (C=O) groups excluding carboxylic acids is 2. The Morgan fingerprint density at radius 2 is 1.59 bits per heavy atom. The molecule has 0 aromatic heterocycles. The summed E-state index contributed by atoms with van der Waals surface area (Å²) in [6.07, 6.45) is -3.89. The molecule has 1 fully saturated rings. The van der Waals surface area contributed by atoms with Crippen LogP contribution in [0, 0.1) is 12.3 Å². The van der Waals surface area contributed by atoms with E-state index < -0.39 is 90.9 Å². The number of carbonyl (C=O) groups is 3. The van der Waals surface area contributed by atoms with Gasteiger partial charge in [-0.3, -0.25) is 19.2 Å². The Labute approximate surface area is 320 Å².